The fraction of sp³-hybridized carbons (Fsp3) is 0.522. The molecule has 31 heavy (non-hydrogen) atoms. The van der Waals surface area contributed by atoms with Gasteiger partial charge in [-0.15, -0.1) is 11.3 Å². The largest absolute Gasteiger partial charge is 0.476 e. The molecule has 0 radical (unpaired) electrons. The van der Waals surface area contributed by atoms with Crippen molar-refractivity contribution in [2.45, 2.75) is 74.8 Å². The molecule has 0 saturated carbocycles. The molecular weight excluding hydrogens is 432 g/mol. The van der Waals surface area contributed by atoms with Crippen molar-refractivity contribution in [3.05, 3.63) is 40.9 Å². The van der Waals surface area contributed by atoms with Crippen LogP contribution in [0.5, 0.6) is 0 Å². The second kappa shape index (κ2) is 11.6. The summed E-state index contributed by atoms with van der Waals surface area (Å²) in [6, 6.07) is 7.87. The van der Waals surface area contributed by atoms with Crippen molar-refractivity contribution in [2.24, 2.45) is 0 Å². The molecule has 1 aromatic carbocycles. The van der Waals surface area contributed by atoms with Crippen LogP contribution in [0.4, 0.5) is 5.69 Å². The summed E-state index contributed by atoms with van der Waals surface area (Å²) in [6.07, 6.45) is 7.04. The van der Waals surface area contributed by atoms with Crippen LogP contribution in [-0.2, 0) is 4.79 Å². The number of anilines is 1. The Hall–Kier alpha value is -1.90. The molecule has 1 saturated heterocycles. The molecule has 3 rings (SSSR count). The molecule has 2 heterocycles. The van der Waals surface area contributed by atoms with Crippen LogP contribution in [0.15, 0.2) is 34.0 Å². The van der Waals surface area contributed by atoms with Gasteiger partial charge in [-0.25, -0.2) is 9.78 Å². The highest BCUT2D eigenvalue weighted by molar-refractivity contribution is 8.01. The molecule has 1 aliphatic rings. The standard InChI is InChI=1S/C23H30N2O4S2/c1-2-3-4-5-6-20(26)16-7-9-17(10-8-16)25-18(11-12-21(25)27)13-14-30-23-24-19(15-31-23)22(28)29/h7-10,15,18,20,26H,2-6,11-14H2,1H3,(H,28,29)/t18-,20?/m1/s1. The third kappa shape index (κ3) is 6.54. The molecule has 0 aliphatic carbocycles. The van der Waals surface area contributed by atoms with Gasteiger partial charge in [-0.05, 0) is 37.0 Å². The monoisotopic (exact) mass is 462 g/mol. The van der Waals surface area contributed by atoms with Gasteiger partial charge in [-0.2, -0.15) is 0 Å². The van der Waals surface area contributed by atoms with E-state index in [9.17, 15) is 14.7 Å². The third-order valence-electron chi connectivity index (χ3n) is 5.59. The second-order valence-electron chi connectivity index (χ2n) is 7.85. The van der Waals surface area contributed by atoms with Gasteiger partial charge in [0.05, 0.1) is 6.10 Å². The lowest BCUT2D eigenvalue weighted by Crippen LogP contribution is -2.33. The number of benzene rings is 1. The van der Waals surface area contributed by atoms with Crippen LogP contribution in [0.2, 0.25) is 0 Å². The van der Waals surface area contributed by atoms with Crippen LogP contribution in [-0.4, -0.2) is 38.9 Å². The van der Waals surface area contributed by atoms with Crippen LogP contribution in [0, 0.1) is 0 Å². The Morgan fingerprint density at radius 3 is 2.74 bits per heavy atom. The SMILES string of the molecule is CCCCCCC(O)c1ccc(N2C(=O)CC[C@@H]2CCSc2nc(C(=O)O)cs2)cc1. The van der Waals surface area contributed by atoms with E-state index in [-0.39, 0.29) is 17.6 Å². The van der Waals surface area contributed by atoms with Gasteiger partial charge in [0.2, 0.25) is 5.91 Å². The zero-order chi connectivity index (χ0) is 22.2. The number of carbonyl (C=O) groups excluding carboxylic acids is 1. The molecule has 0 bridgehead atoms. The highest BCUT2D eigenvalue weighted by atomic mass is 32.2. The summed E-state index contributed by atoms with van der Waals surface area (Å²) in [5, 5.41) is 20.9. The zero-order valence-corrected chi connectivity index (χ0v) is 19.5. The number of rotatable bonds is 12. The summed E-state index contributed by atoms with van der Waals surface area (Å²) in [4.78, 5) is 29.4. The van der Waals surface area contributed by atoms with E-state index >= 15 is 0 Å². The number of aliphatic hydroxyl groups is 1. The van der Waals surface area contributed by atoms with E-state index in [1.54, 1.807) is 5.38 Å². The lowest BCUT2D eigenvalue weighted by Gasteiger charge is -2.25. The number of aromatic nitrogens is 1. The molecule has 1 amide bonds. The molecule has 2 N–H and O–H groups in total. The van der Waals surface area contributed by atoms with Crippen LogP contribution in [0.1, 0.15) is 80.4 Å². The van der Waals surface area contributed by atoms with Gasteiger partial charge < -0.3 is 15.1 Å². The Bertz CT molecular complexity index is 869. The lowest BCUT2D eigenvalue weighted by molar-refractivity contribution is -0.117. The van der Waals surface area contributed by atoms with Gasteiger partial charge in [0.1, 0.15) is 0 Å². The van der Waals surface area contributed by atoms with Crippen molar-refractivity contribution in [3.8, 4) is 0 Å². The number of carbonyl (C=O) groups is 2. The molecule has 1 fully saturated rings. The fourth-order valence-electron chi connectivity index (χ4n) is 3.86. The van der Waals surface area contributed by atoms with Crippen molar-refractivity contribution >= 4 is 40.7 Å². The highest BCUT2D eigenvalue weighted by Crippen LogP contribution is 2.32. The maximum absolute atomic E-state index is 12.5. The maximum atomic E-state index is 12.5. The predicted octanol–water partition coefficient (Wildman–Crippen LogP) is 5.52. The average Bonchev–Trinajstić information content (AvgIpc) is 3.38. The van der Waals surface area contributed by atoms with Gasteiger partial charge in [-0.3, -0.25) is 4.79 Å². The first kappa shape index (κ1) is 23.8. The first-order valence-electron chi connectivity index (χ1n) is 10.9. The number of nitrogens with zero attached hydrogens (tertiary/aromatic N) is 2. The summed E-state index contributed by atoms with van der Waals surface area (Å²) in [5.41, 5.74) is 1.86. The van der Waals surface area contributed by atoms with Crippen molar-refractivity contribution in [3.63, 3.8) is 0 Å². The number of unbranched alkanes of at least 4 members (excludes halogenated alkanes) is 3. The minimum absolute atomic E-state index is 0.0813. The van der Waals surface area contributed by atoms with Crippen LogP contribution >= 0.6 is 23.1 Å². The Balaban J connectivity index is 1.54. The average molecular weight is 463 g/mol. The summed E-state index contributed by atoms with van der Waals surface area (Å²) in [5.74, 6) is -0.106. The molecule has 6 nitrogen and oxygen atoms in total. The molecule has 2 atom stereocenters. The number of carboxylic acids is 1. The number of carboxylic acid groups (broad SMARTS) is 1. The van der Waals surface area contributed by atoms with Gasteiger partial charge in [-0.1, -0.05) is 56.5 Å². The Morgan fingerprint density at radius 1 is 1.29 bits per heavy atom. The van der Waals surface area contributed by atoms with Crippen molar-refractivity contribution in [1.82, 2.24) is 4.98 Å². The van der Waals surface area contributed by atoms with Gasteiger partial charge in [0.15, 0.2) is 10.0 Å². The fourth-order valence-corrected chi connectivity index (χ4v) is 5.77. The van der Waals surface area contributed by atoms with Gasteiger partial charge in [0.25, 0.3) is 0 Å². The predicted molar refractivity (Wildman–Crippen MR) is 125 cm³/mol. The summed E-state index contributed by atoms with van der Waals surface area (Å²) in [6.45, 7) is 2.18. The topological polar surface area (TPSA) is 90.7 Å². The first-order chi connectivity index (χ1) is 15.0. The minimum atomic E-state index is -1.01. The maximum Gasteiger partial charge on any atom is 0.355 e. The normalized spacial score (nSPS) is 17.3. The Labute approximate surface area is 191 Å². The lowest BCUT2D eigenvalue weighted by atomic mass is 10.0. The van der Waals surface area contributed by atoms with E-state index in [1.165, 1.54) is 35.9 Å². The molecule has 0 spiro atoms. The van der Waals surface area contributed by atoms with E-state index in [0.29, 0.717) is 6.42 Å². The molecular formula is C23H30N2O4S2. The smallest absolute Gasteiger partial charge is 0.355 e. The quantitative estimate of drug-likeness (QED) is 0.319. The number of thioether (sulfide) groups is 1. The number of aromatic carboxylic acids is 1. The van der Waals surface area contributed by atoms with Crippen LogP contribution in [0.25, 0.3) is 0 Å². The summed E-state index contributed by atoms with van der Waals surface area (Å²) >= 11 is 2.87. The summed E-state index contributed by atoms with van der Waals surface area (Å²) in [7, 11) is 0. The number of aliphatic hydroxyl groups excluding tert-OH is 1. The van der Waals surface area contributed by atoms with Gasteiger partial charge in [0, 0.05) is 29.3 Å². The zero-order valence-electron chi connectivity index (χ0n) is 17.8. The van der Waals surface area contributed by atoms with Crippen LogP contribution < -0.4 is 4.90 Å². The molecule has 1 aliphatic heterocycles. The minimum Gasteiger partial charge on any atom is -0.476 e. The number of thiazole rings is 1. The Morgan fingerprint density at radius 2 is 2.06 bits per heavy atom. The number of hydrogen-bond acceptors (Lipinski definition) is 6. The van der Waals surface area contributed by atoms with E-state index in [2.05, 4.69) is 11.9 Å². The van der Waals surface area contributed by atoms with E-state index in [4.69, 9.17) is 5.11 Å². The third-order valence-corrected chi connectivity index (χ3v) is 7.65. The van der Waals surface area contributed by atoms with E-state index < -0.39 is 12.1 Å². The van der Waals surface area contributed by atoms with E-state index in [1.807, 2.05) is 29.2 Å². The van der Waals surface area contributed by atoms with E-state index in [0.717, 1.165) is 53.4 Å². The van der Waals surface area contributed by atoms with Crippen molar-refractivity contribution in [2.75, 3.05) is 10.7 Å². The Kier molecular flexibility index (Phi) is 8.92. The molecule has 1 aromatic heterocycles. The molecule has 1 unspecified atom stereocenters. The number of amides is 1. The van der Waals surface area contributed by atoms with Crippen LogP contribution in [0.3, 0.4) is 0 Å². The van der Waals surface area contributed by atoms with Crippen molar-refractivity contribution < 1.29 is 19.8 Å². The first-order valence-corrected chi connectivity index (χ1v) is 12.8. The summed E-state index contributed by atoms with van der Waals surface area (Å²) < 4.78 is 0.741. The van der Waals surface area contributed by atoms with Gasteiger partial charge >= 0.3 is 5.97 Å². The molecule has 168 valence electrons. The number of hydrogen-bond donors (Lipinski definition) is 2. The molecule has 8 heteroatoms. The highest BCUT2D eigenvalue weighted by Gasteiger charge is 2.31. The second-order valence-corrected chi connectivity index (χ2v) is 10.1. The molecule has 2 aromatic rings. The van der Waals surface area contributed by atoms with Crippen molar-refractivity contribution in [1.29, 1.82) is 0 Å².